The maximum absolute atomic E-state index is 12.7. The lowest BCUT2D eigenvalue weighted by molar-refractivity contribution is -0.140. The zero-order chi connectivity index (χ0) is 23.1. The van der Waals surface area contributed by atoms with Crippen LogP contribution in [0.25, 0.3) is 10.9 Å². The van der Waals surface area contributed by atoms with Crippen LogP contribution in [0, 0.1) is 0 Å². The molecule has 2 N–H and O–H groups in total. The molecule has 1 aromatic carbocycles. The van der Waals surface area contributed by atoms with Gasteiger partial charge < -0.3 is 19.7 Å². The Morgan fingerprint density at radius 2 is 1.84 bits per heavy atom. The van der Waals surface area contributed by atoms with Gasteiger partial charge in [-0.3, -0.25) is 9.59 Å². The number of nitrogens with one attached hydrogen (secondary N) is 1. The summed E-state index contributed by atoms with van der Waals surface area (Å²) in [4.78, 5) is 27.8. The second-order valence-corrected chi connectivity index (χ2v) is 7.81. The molecule has 1 amide bonds. The molecule has 0 radical (unpaired) electrons. The van der Waals surface area contributed by atoms with Crippen molar-refractivity contribution in [1.29, 1.82) is 0 Å². The number of pyridine rings is 1. The van der Waals surface area contributed by atoms with Gasteiger partial charge >= 0.3 is 5.97 Å². The molecule has 0 aliphatic rings. The predicted octanol–water partition coefficient (Wildman–Crippen LogP) is 3.99. The van der Waals surface area contributed by atoms with Crippen LogP contribution >= 0.6 is 0 Å². The molecule has 2 heterocycles. The van der Waals surface area contributed by atoms with Gasteiger partial charge in [0, 0.05) is 24.5 Å². The van der Waals surface area contributed by atoms with Crippen molar-refractivity contribution >= 4 is 22.8 Å². The number of ether oxygens (including phenoxy) is 1. The van der Waals surface area contributed by atoms with Crippen LogP contribution in [0.2, 0.25) is 0 Å². The highest BCUT2D eigenvalue weighted by atomic mass is 16.5. The first kappa shape index (κ1) is 23.3. The number of carbonyl (C=O) groups excluding carboxylic acids is 2. The highest BCUT2D eigenvalue weighted by molar-refractivity contribution is 6.02. The second kappa shape index (κ2) is 10.8. The van der Waals surface area contributed by atoms with Crippen molar-refractivity contribution in [2.75, 3.05) is 13.2 Å². The number of benzene rings is 1. The summed E-state index contributed by atoms with van der Waals surface area (Å²) in [6.07, 6.45) is 5.25. The maximum Gasteiger partial charge on any atom is 0.302 e. The zero-order valence-electron chi connectivity index (χ0n) is 19.0. The lowest BCUT2D eigenvalue weighted by Crippen LogP contribution is -2.28. The first-order valence-corrected chi connectivity index (χ1v) is 11.1. The number of aromatic hydroxyl groups is 1. The Hall–Kier alpha value is -3.35. The SMILES string of the molecule is CCCc1c(CCC)n(Cc2ccccc2)c2cnc(C(=O)NCCOC(C)=O)c(O)c12. The Balaban J connectivity index is 2.04. The molecule has 0 spiro atoms. The van der Waals surface area contributed by atoms with Gasteiger partial charge in [0.2, 0.25) is 0 Å². The Labute approximate surface area is 188 Å². The molecule has 0 atom stereocenters. The van der Waals surface area contributed by atoms with Crippen LogP contribution < -0.4 is 5.32 Å². The molecular weight excluding hydrogens is 406 g/mol. The standard InChI is InChI=1S/C25H31N3O4/c1-4-9-19-20(10-5-2)28(16-18-11-7-6-8-12-18)21-15-27-23(24(30)22(19)21)25(31)26-13-14-32-17(3)29/h6-8,11-12,15,30H,4-5,9-10,13-14,16H2,1-3H3,(H,26,31). The van der Waals surface area contributed by atoms with Crippen LogP contribution in [0.5, 0.6) is 5.75 Å². The van der Waals surface area contributed by atoms with E-state index >= 15 is 0 Å². The average Bonchev–Trinajstić information content (AvgIpc) is 3.06. The quantitative estimate of drug-likeness (QED) is 0.370. The van der Waals surface area contributed by atoms with Crippen molar-refractivity contribution in [3.63, 3.8) is 0 Å². The van der Waals surface area contributed by atoms with Gasteiger partial charge in [0.1, 0.15) is 6.61 Å². The summed E-state index contributed by atoms with van der Waals surface area (Å²) in [6, 6.07) is 10.2. The highest BCUT2D eigenvalue weighted by Gasteiger charge is 2.24. The summed E-state index contributed by atoms with van der Waals surface area (Å²) in [5, 5.41) is 14.5. The van der Waals surface area contributed by atoms with E-state index < -0.39 is 11.9 Å². The number of nitrogens with zero attached hydrogens (tertiary/aromatic N) is 2. The van der Waals surface area contributed by atoms with E-state index in [1.54, 1.807) is 6.20 Å². The Morgan fingerprint density at radius 1 is 1.12 bits per heavy atom. The molecule has 0 unspecified atom stereocenters. The number of amides is 1. The fourth-order valence-corrected chi connectivity index (χ4v) is 4.04. The van der Waals surface area contributed by atoms with Crippen molar-refractivity contribution < 1.29 is 19.4 Å². The number of hydrogen-bond donors (Lipinski definition) is 2. The third kappa shape index (κ3) is 5.10. The van der Waals surface area contributed by atoms with Gasteiger partial charge in [0.05, 0.1) is 18.3 Å². The summed E-state index contributed by atoms with van der Waals surface area (Å²) in [5.41, 5.74) is 4.23. The molecule has 0 bridgehead atoms. The van der Waals surface area contributed by atoms with Crippen molar-refractivity contribution in [3.05, 3.63) is 59.0 Å². The fraction of sp³-hybridized carbons (Fsp3) is 0.400. The minimum Gasteiger partial charge on any atom is -0.505 e. The van der Waals surface area contributed by atoms with Gasteiger partial charge in [-0.05, 0) is 24.0 Å². The normalized spacial score (nSPS) is 11.0. The topological polar surface area (TPSA) is 93.5 Å². The monoisotopic (exact) mass is 437 g/mol. The first-order chi connectivity index (χ1) is 15.5. The molecule has 0 saturated carbocycles. The van der Waals surface area contributed by atoms with Gasteiger partial charge in [-0.1, -0.05) is 57.0 Å². The summed E-state index contributed by atoms with van der Waals surface area (Å²) in [7, 11) is 0. The summed E-state index contributed by atoms with van der Waals surface area (Å²) in [5.74, 6) is -0.999. The maximum atomic E-state index is 12.7. The Morgan fingerprint density at radius 3 is 2.50 bits per heavy atom. The third-order valence-corrected chi connectivity index (χ3v) is 5.38. The van der Waals surface area contributed by atoms with E-state index in [4.69, 9.17) is 4.74 Å². The molecule has 2 aromatic heterocycles. The van der Waals surface area contributed by atoms with E-state index in [9.17, 15) is 14.7 Å². The van der Waals surface area contributed by atoms with Crippen molar-refractivity contribution in [2.45, 2.75) is 53.0 Å². The highest BCUT2D eigenvalue weighted by Crippen LogP contribution is 2.36. The molecule has 0 aliphatic carbocycles. The van der Waals surface area contributed by atoms with Crippen LogP contribution in [-0.2, 0) is 28.9 Å². The summed E-state index contributed by atoms with van der Waals surface area (Å²) in [6.45, 7) is 6.45. The van der Waals surface area contributed by atoms with E-state index in [1.807, 2.05) is 18.2 Å². The average molecular weight is 438 g/mol. The molecule has 3 aromatic rings. The molecule has 3 rings (SSSR count). The molecule has 7 heteroatoms. The van der Waals surface area contributed by atoms with E-state index in [2.05, 4.69) is 40.8 Å². The van der Waals surface area contributed by atoms with Crippen molar-refractivity contribution in [3.8, 4) is 5.75 Å². The number of rotatable bonds is 10. The lowest BCUT2D eigenvalue weighted by atomic mass is 10.0. The van der Waals surface area contributed by atoms with Crippen LogP contribution in [0.4, 0.5) is 0 Å². The number of esters is 1. The molecule has 0 fully saturated rings. The minimum absolute atomic E-state index is 0.0161. The molecular formula is C25H31N3O4. The number of aryl methyl sites for hydroxylation is 1. The van der Waals surface area contributed by atoms with Gasteiger partial charge in [-0.2, -0.15) is 0 Å². The van der Waals surface area contributed by atoms with Crippen LogP contribution in [0.1, 0.15) is 60.9 Å². The largest absolute Gasteiger partial charge is 0.505 e. The van der Waals surface area contributed by atoms with Crippen LogP contribution in [0.3, 0.4) is 0 Å². The smallest absolute Gasteiger partial charge is 0.302 e. The van der Waals surface area contributed by atoms with E-state index in [0.29, 0.717) is 11.9 Å². The zero-order valence-corrected chi connectivity index (χ0v) is 19.0. The van der Waals surface area contributed by atoms with Crippen LogP contribution in [-0.4, -0.2) is 39.7 Å². The number of aromatic nitrogens is 2. The van der Waals surface area contributed by atoms with Crippen molar-refractivity contribution in [1.82, 2.24) is 14.9 Å². The summed E-state index contributed by atoms with van der Waals surface area (Å²) >= 11 is 0. The lowest BCUT2D eigenvalue weighted by Gasteiger charge is -2.12. The minimum atomic E-state index is -0.494. The van der Waals surface area contributed by atoms with E-state index in [1.165, 1.54) is 12.6 Å². The molecule has 170 valence electrons. The molecule has 0 aliphatic heterocycles. The first-order valence-electron chi connectivity index (χ1n) is 11.1. The van der Waals surface area contributed by atoms with Gasteiger partial charge in [-0.15, -0.1) is 0 Å². The molecule has 0 saturated heterocycles. The third-order valence-electron chi connectivity index (χ3n) is 5.38. The molecule has 32 heavy (non-hydrogen) atoms. The van der Waals surface area contributed by atoms with Gasteiger partial charge in [-0.25, -0.2) is 4.98 Å². The number of hydrogen-bond acceptors (Lipinski definition) is 5. The predicted molar refractivity (Wildman–Crippen MR) is 124 cm³/mol. The van der Waals surface area contributed by atoms with Gasteiger partial charge in [0.15, 0.2) is 11.4 Å². The summed E-state index contributed by atoms with van der Waals surface area (Å²) < 4.78 is 7.06. The van der Waals surface area contributed by atoms with Gasteiger partial charge in [0.25, 0.3) is 5.91 Å². The van der Waals surface area contributed by atoms with E-state index in [-0.39, 0.29) is 24.6 Å². The second-order valence-electron chi connectivity index (χ2n) is 7.81. The molecule has 7 nitrogen and oxygen atoms in total. The van der Waals surface area contributed by atoms with E-state index in [0.717, 1.165) is 42.3 Å². The number of carbonyl (C=O) groups is 2. The Bertz CT molecular complexity index is 1090. The Kier molecular flexibility index (Phi) is 7.87. The van der Waals surface area contributed by atoms with Crippen molar-refractivity contribution in [2.24, 2.45) is 0 Å². The number of fused-ring (bicyclic) bond motifs is 1. The van der Waals surface area contributed by atoms with Crippen LogP contribution in [0.15, 0.2) is 36.5 Å². The fourth-order valence-electron chi connectivity index (χ4n) is 4.04.